The summed E-state index contributed by atoms with van der Waals surface area (Å²) >= 11 is 8.17. The number of benzene rings is 2. The van der Waals surface area contributed by atoms with E-state index in [-0.39, 0.29) is 6.04 Å². The summed E-state index contributed by atoms with van der Waals surface area (Å²) in [5.74, 6) is 0.940. The van der Waals surface area contributed by atoms with Gasteiger partial charge in [-0.15, -0.1) is 11.8 Å². The van der Waals surface area contributed by atoms with Gasteiger partial charge in [0.25, 0.3) is 0 Å². The topological polar surface area (TPSA) is 26.0 Å². The molecule has 0 bridgehead atoms. The molecule has 0 radical (unpaired) electrons. The Morgan fingerprint density at radius 1 is 1.14 bits per heavy atom. The van der Waals surface area contributed by atoms with Gasteiger partial charge in [0.1, 0.15) is 0 Å². The molecule has 2 aromatic carbocycles. The minimum atomic E-state index is 0.215. The van der Waals surface area contributed by atoms with Gasteiger partial charge in [-0.05, 0) is 43.0 Å². The quantitative estimate of drug-likeness (QED) is 0.739. The largest absolute Gasteiger partial charge is 0.327 e. The van der Waals surface area contributed by atoms with Crippen LogP contribution in [0.3, 0.4) is 0 Å². The molecular formula is C18H22ClNS. The van der Waals surface area contributed by atoms with E-state index in [0.29, 0.717) is 0 Å². The van der Waals surface area contributed by atoms with E-state index in [2.05, 4.69) is 56.3 Å². The molecule has 21 heavy (non-hydrogen) atoms. The van der Waals surface area contributed by atoms with Gasteiger partial charge in [-0.25, -0.2) is 0 Å². The van der Waals surface area contributed by atoms with E-state index in [4.69, 9.17) is 17.3 Å². The zero-order chi connectivity index (χ0) is 15.2. The highest BCUT2D eigenvalue weighted by Gasteiger charge is 2.06. The van der Waals surface area contributed by atoms with Gasteiger partial charge in [0.2, 0.25) is 0 Å². The van der Waals surface area contributed by atoms with E-state index in [0.717, 1.165) is 28.5 Å². The van der Waals surface area contributed by atoms with Gasteiger partial charge in [-0.3, -0.25) is 0 Å². The fraction of sp³-hybridized carbons (Fsp3) is 0.333. The summed E-state index contributed by atoms with van der Waals surface area (Å²) in [6.07, 6.45) is 1.88. The molecule has 0 fully saturated rings. The smallest absolute Gasteiger partial charge is 0.0544 e. The van der Waals surface area contributed by atoms with Crippen LogP contribution in [0.4, 0.5) is 0 Å². The lowest BCUT2D eigenvalue weighted by atomic mass is 10.1. The van der Waals surface area contributed by atoms with Crippen molar-refractivity contribution in [3.05, 3.63) is 64.2 Å². The summed E-state index contributed by atoms with van der Waals surface area (Å²) in [6.45, 7) is 4.23. The second-order valence-corrected chi connectivity index (χ2v) is 6.84. The highest BCUT2D eigenvalue weighted by Crippen LogP contribution is 2.31. The molecule has 0 spiro atoms. The predicted molar refractivity (Wildman–Crippen MR) is 94.2 cm³/mol. The molecule has 0 aliphatic carbocycles. The monoisotopic (exact) mass is 319 g/mol. The molecule has 1 nitrogen and oxygen atoms in total. The first-order chi connectivity index (χ1) is 10.1. The Labute approximate surface area is 136 Å². The predicted octanol–water partition coefficient (Wildman–Crippen LogP) is 5.22. The van der Waals surface area contributed by atoms with E-state index in [1.54, 1.807) is 11.8 Å². The van der Waals surface area contributed by atoms with Crippen molar-refractivity contribution < 1.29 is 0 Å². The van der Waals surface area contributed by atoms with Gasteiger partial charge < -0.3 is 5.73 Å². The number of aryl methyl sites for hydroxylation is 1. The van der Waals surface area contributed by atoms with Gasteiger partial charge in [0.15, 0.2) is 0 Å². The van der Waals surface area contributed by atoms with Crippen LogP contribution in [0.15, 0.2) is 47.4 Å². The lowest BCUT2D eigenvalue weighted by Gasteiger charge is -2.11. The van der Waals surface area contributed by atoms with E-state index in [1.165, 1.54) is 16.7 Å². The first kappa shape index (κ1) is 16.4. The maximum atomic E-state index is 6.39. The summed E-state index contributed by atoms with van der Waals surface area (Å²) < 4.78 is 0. The standard InChI is InChI=1S/C18H22ClNS/c1-3-16(20)10-14-7-8-18(17(19)11-14)21-12-15-6-4-5-13(2)9-15/h4-9,11,16H,3,10,12,20H2,1-2H3. The fourth-order valence-corrected chi connectivity index (χ4v) is 3.43. The highest BCUT2D eigenvalue weighted by atomic mass is 35.5. The molecule has 2 aromatic rings. The minimum Gasteiger partial charge on any atom is -0.327 e. The summed E-state index contributed by atoms with van der Waals surface area (Å²) in [5.41, 5.74) is 9.83. The van der Waals surface area contributed by atoms with Crippen molar-refractivity contribution in [2.24, 2.45) is 5.73 Å². The molecule has 2 rings (SSSR count). The Hall–Kier alpha value is -0.960. The van der Waals surface area contributed by atoms with Gasteiger partial charge in [0.05, 0.1) is 5.02 Å². The third-order valence-electron chi connectivity index (χ3n) is 3.50. The third-order valence-corrected chi connectivity index (χ3v) is 5.06. The van der Waals surface area contributed by atoms with Crippen LogP contribution in [-0.2, 0) is 12.2 Å². The van der Waals surface area contributed by atoms with Crippen LogP contribution in [0.5, 0.6) is 0 Å². The molecule has 0 aliphatic heterocycles. The molecule has 0 aromatic heterocycles. The molecule has 2 N–H and O–H groups in total. The van der Waals surface area contributed by atoms with Gasteiger partial charge >= 0.3 is 0 Å². The zero-order valence-electron chi connectivity index (χ0n) is 12.6. The number of halogens is 1. The second-order valence-electron chi connectivity index (χ2n) is 5.41. The van der Waals surface area contributed by atoms with Crippen LogP contribution in [0.1, 0.15) is 30.0 Å². The Morgan fingerprint density at radius 2 is 1.95 bits per heavy atom. The van der Waals surface area contributed by atoms with Crippen LogP contribution in [-0.4, -0.2) is 6.04 Å². The van der Waals surface area contributed by atoms with Crippen LogP contribution in [0, 0.1) is 6.92 Å². The van der Waals surface area contributed by atoms with Crippen molar-refractivity contribution in [3.63, 3.8) is 0 Å². The molecule has 0 saturated carbocycles. The summed E-state index contributed by atoms with van der Waals surface area (Å²) in [5, 5.41) is 0.827. The first-order valence-electron chi connectivity index (χ1n) is 7.31. The number of nitrogens with two attached hydrogens (primary N) is 1. The van der Waals surface area contributed by atoms with Crippen LogP contribution >= 0.6 is 23.4 Å². The summed E-state index contributed by atoms with van der Waals surface area (Å²) in [7, 11) is 0. The molecule has 1 atom stereocenters. The van der Waals surface area contributed by atoms with Crippen LogP contribution in [0.2, 0.25) is 5.02 Å². The average Bonchev–Trinajstić information content (AvgIpc) is 2.46. The van der Waals surface area contributed by atoms with Crippen molar-refractivity contribution in [3.8, 4) is 0 Å². The van der Waals surface area contributed by atoms with Crippen molar-refractivity contribution in [2.45, 2.75) is 43.4 Å². The third kappa shape index (κ3) is 5.06. The highest BCUT2D eigenvalue weighted by molar-refractivity contribution is 7.98. The van der Waals surface area contributed by atoms with Crippen molar-refractivity contribution >= 4 is 23.4 Å². The van der Waals surface area contributed by atoms with Crippen LogP contribution in [0.25, 0.3) is 0 Å². The Bertz CT molecular complexity index is 598. The molecule has 0 saturated heterocycles. The SMILES string of the molecule is CCC(N)Cc1ccc(SCc2cccc(C)c2)c(Cl)c1. The summed E-state index contributed by atoms with van der Waals surface area (Å²) in [4.78, 5) is 1.13. The maximum Gasteiger partial charge on any atom is 0.0544 e. The van der Waals surface area contributed by atoms with Gasteiger partial charge in [-0.1, -0.05) is 54.4 Å². The fourth-order valence-electron chi connectivity index (χ4n) is 2.20. The molecule has 1 unspecified atom stereocenters. The van der Waals surface area contributed by atoms with Crippen molar-refractivity contribution in [2.75, 3.05) is 0 Å². The number of hydrogen-bond donors (Lipinski definition) is 1. The van der Waals surface area contributed by atoms with Gasteiger partial charge in [-0.2, -0.15) is 0 Å². The lowest BCUT2D eigenvalue weighted by molar-refractivity contribution is 0.646. The minimum absolute atomic E-state index is 0.215. The molecule has 0 amide bonds. The average molecular weight is 320 g/mol. The van der Waals surface area contributed by atoms with E-state index in [1.807, 2.05) is 0 Å². The first-order valence-corrected chi connectivity index (χ1v) is 8.67. The molecule has 0 heterocycles. The zero-order valence-corrected chi connectivity index (χ0v) is 14.2. The Morgan fingerprint density at radius 3 is 2.62 bits per heavy atom. The van der Waals surface area contributed by atoms with Crippen molar-refractivity contribution in [1.82, 2.24) is 0 Å². The van der Waals surface area contributed by atoms with Crippen molar-refractivity contribution in [1.29, 1.82) is 0 Å². The van der Waals surface area contributed by atoms with E-state index >= 15 is 0 Å². The molecule has 0 aliphatic rings. The van der Waals surface area contributed by atoms with E-state index < -0.39 is 0 Å². The Balaban J connectivity index is 2.01. The molecule has 112 valence electrons. The molecular weight excluding hydrogens is 298 g/mol. The lowest BCUT2D eigenvalue weighted by Crippen LogP contribution is -2.21. The van der Waals surface area contributed by atoms with Crippen LogP contribution < -0.4 is 5.73 Å². The maximum absolute atomic E-state index is 6.39. The van der Waals surface area contributed by atoms with Gasteiger partial charge in [0, 0.05) is 16.7 Å². The number of rotatable bonds is 6. The Kier molecular flexibility index (Phi) is 6.16. The molecule has 3 heteroatoms. The normalized spacial score (nSPS) is 12.4. The summed E-state index contributed by atoms with van der Waals surface area (Å²) in [6, 6.07) is 15.1. The van der Waals surface area contributed by atoms with E-state index in [9.17, 15) is 0 Å². The second kappa shape index (κ2) is 7.88. The number of thioether (sulfide) groups is 1. The number of hydrogen-bond acceptors (Lipinski definition) is 2.